The van der Waals surface area contributed by atoms with Crippen molar-refractivity contribution in [3.05, 3.63) is 0 Å². The molecule has 0 radical (unpaired) electrons. The number of piperidine rings is 1. The van der Waals surface area contributed by atoms with E-state index in [2.05, 4.69) is 10.6 Å². The summed E-state index contributed by atoms with van der Waals surface area (Å²) in [7, 11) is 0. The number of ketones is 2. The van der Waals surface area contributed by atoms with Gasteiger partial charge in [0.1, 0.15) is 10.5 Å². The highest BCUT2D eigenvalue weighted by molar-refractivity contribution is 8.05. The first-order valence-corrected chi connectivity index (χ1v) is 17.8. The van der Waals surface area contributed by atoms with E-state index in [4.69, 9.17) is 0 Å². The second kappa shape index (κ2) is 12.1. The first-order valence-electron chi connectivity index (χ1n) is 15.7. The largest absolute Gasteiger partial charge is 0.304 e. The van der Waals surface area contributed by atoms with E-state index in [1.165, 1.54) is 73.4 Å². The number of likely N-dealkylation sites (tertiary alicyclic amines) is 1. The summed E-state index contributed by atoms with van der Waals surface area (Å²) in [5, 5.41) is 6.57. The van der Waals surface area contributed by atoms with Crippen LogP contribution >= 0.6 is 23.5 Å². The van der Waals surface area contributed by atoms with E-state index in [0.717, 1.165) is 32.1 Å². The van der Waals surface area contributed by atoms with Crippen LogP contribution in [0.15, 0.2) is 0 Å². The van der Waals surface area contributed by atoms with Crippen molar-refractivity contribution in [1.29, 1.82) is 0 Å². The summed E-state index contributed by atoms with van der Waals surface area (Å²) >= 11 is 2.99. The summed E-state index contributed by atoms with van der Waals surface area (Å²) in [6, 6.07) is -0.533. The molecule has 8 bridgehead atoms. The molecule has 4 aliphatic heterocycles. The van der Waals surface area contributed by atoms with E-state index < -0.39 is 10.5 Å². The summed E-state index contributed by atoms with van der Waals surface area (Å²) in [4.78, 5) is 56.5. The van der Waals surface area contributed by atoms with Crippen molar-refractivity contribution in [2.75, 3.05) is 18.1 Å². The van der Waals surface area contributed by atoms with E-state index >= 15 is 0 Å². The standard InChI is InChI=1S/C30H45N3O4S2/c1-2-33-29(36)27-28(30(33)37)39-16-22-26(35)23-17-11-9-7-5-3-4-6-8-10-12-19-20(14-18(13-17)31-22)25(34)21(15-38-27)32-24(19)23/h17-24,27-28,31-32H,2-16H2,1H3. The van der Waals surface area contributed by atoms with Crippen molar-refractivity contribution in [2.45, 2.75) is 119 Å². The third kappa shape index (κ3) is 5.39. The highest BCUT2D eigenvalue weighted by Crippen LogP contribution is 2.46. The fourth-order valence-electron chi connectivity index (χ4n) is 8.66. The number of nitrogens with zero attached hydrogens (tertiary/aromatic N) is 1. The summed E-state index contributed by atoms with van der Waals surface area (Å²) in [5.74, 6) is 1.69. The number of carbonyl (C=O) groups excluding carboxylic acids is 4. The van der Waals surface area contributed by atoms with Crippen LogP contribution in [0.2, 0.25) is 0 Å². The molecular weight excluding hydrogens is 530 g/mol. The molecule has 6 fully saturated rings. The van der Waals surface area contributed by atoms with Crippen molar-refractivity contribution in [3.63, 3.8) is 0 Å². The lowest BCUT2D eigenvalue weighted by molar-refractivity contribution is -0.138. The summed E-state index contributed by atoms with van der Waals surface area (Å²) < 4.78 is 0. The molecule has 0 aromatic rings. The van der Waals surface area contributed by atoms with Crippen LogP contribution in [0.4, 0.5) is 0 Å². The van der Waals surface area contributed by atoms with Crippen LogP contribution in [0, 0.1) is 23.7 Å². The molecule has 4 saturated heterocycles. The van der Waals surface area contributed by atoms with Gasteiger partial charge in [-0.2, -0.15) is 0 Å². The van der Waals surface area contributed by atoms with Gasteiger partial charge < -0.3 is 10.6 Å². The topological polar surface area (TPSA) is 95.6 Å². The molecule has 2 amide bonds. The molecule has 10 atom stereocenters. The van der Waals surface area contributed by atoms with Gasteiger partial charge in [0.25, 0.3) is 0 Å². The molecule has 0 aromatic carbocycles. The third-order valence-corrected chi connectivity index (χ3v) is 13.5. The fraction of sp³-hybridized carbons (Fsp3) is 0.867. The number of imide groups is 1. The second-order valence-corrected chi connectivity index (χ2v) is 15.2. The van der Waals surface area contributed by atoms with Gasteiger partial charge in [0.2, 0.25) is 11.8 Å². The van der Waals surface area contributed by atoms with E-state index in [1.807, 2.05) is 6.92 Å². The Morgan fingerprint density at radius 1 is 0.744 bits per heavy atom. The molecule has 39 heavy (non-hydrogen) atoms. The Balaban J connectivity index is 1.39. The Kier molecular flexibility index (Phi) is 8.79. The number of carbonyl (C=O) groups is 4. The minimum absolute atomic E-state index is 0.0235. The Bertz CT molecular complexity index is 978. The van der Waals surface area contributed by atoms with Crippen LogP contribution in [-0.4, -0.2) is 81.0 Å². The molecule has 6 aliphatic rings. The lowest BCUT2D eigenvalue weighted by Crippen LogP contribution is -2.64. The zero-order valence-electron chi connectivity index (χ0n) is 23.3. The summed E-state index contributed by atoms with van der Waals surface area (Å²) in [6.45, 7) is 2.20. The van der Waals surface area contributed by atoms with Gasteiger partial charge in [0.15, 0.2) is 11.6 Å². The third-order valence-electron chi connectivity index (χ3n) is 10.6. The molecule has 7 nitrogen and oxygen atoms in total. The molecule has 9 heteroatoms. The number of thioether (sulfide) groups is 2. The maximum absolute atomic E-state index is 14.5. The fourth-order valence-corrected chi connectivity index (χ4v) is 11.6. The lowest BCUT2D eigenvalue weighted by Gasteiger charge is -2.49. The summed E-state index contributed by atoms with van der Waals surface area (Å²) in [5.41, 5.74) is 0. The van der Waals surface area contributed by atoms with Gasteiger partial charge in [0, 0.05) is 42.0 Å². The predicted molar refractivity (Wildman–Crippen MR) is 156 cm³/mol. The Morgan fingerprint density at radius 3 is 1.97 bits per heavy atom. The number of amides is 2. The minimum atomic E-state index is -0.489. The minimum Gasteiger partial charge on any atom is -0.304 e. The highest BCUT2D eigenvalue weighted by atomic mass is 32.2. The maximum atomic E-state index is 14.5. The predicted octanol–water partition coefficient (Wildman–Crippen LogP) is 3.58. The molecule has 2 N–H and O–H groups in total. The number of hydrogen-bond donors (Lipinski definition) is 2. The molecule has 6 rings (SSSR count). The molecule has 2 saturated carbocycles. The molecule has 0 aromatic heterocycles. The van der Waals surface area contributed by atoms with E-state index in [1.54, 1.807) is 0 Å². The van der Waals surface area contributed by atoms with Crippen LogP contribution in [0.1, 0.15) is 84.0 Å². The second-order valence-electron chi connectivity index (χ2n) is 12.8. The van der Waals surface area contributed by atoms with Gasteiger partial charge in [-0.1, -0.05) is 51.4 Å². The smallest absolute Gasteiger partial charge is 0.243 e. The number of rotatable bonds is 1. The van der Waals surface area contributed by atoms with Gasteiger partial charge in [-0.15, -0.1) is 23.5 Å². The monoisotopic (exact) mass is 575 g/mol. The van der Waals surface area contributed by atoms with Crippen molar-refractivity contribution in [3.8, 4) is 0 Å². The van der Waals surface area contributed by atoms with Gasteiger partial charge in [-0.25, -0.2) is 0 Å². The zero-order chi connectivity index (χ0) is 27.1. The van der Waals surface area contributed by atoms with Crippen molar-refractivity contribution >= 4 is 46.9 Å². The first kappa shape index (κ1) is 28.2. The Hall–Kier alpha value is -0.900. The quantitative estimate of drug-likeness (QED) is 0.458. The van der Waals surface area contributed by atoms with Gasteiger partial charge in [-0.05, 0) is 44.4 Å². The number of Topliss-reactive ketones (excluding diaryl/α,β-unsaturated/α-hetero) is 2. The maximum Gasteiger partial charge on any atom is 0.243 e. The van der Waals surface area contributed by atoms with Crippen LogP contribution in [0.25, 0.3) is 0 Å². The number of nitrogens with one attached hydrogen (secondary N) is 2. The van der Waals surface area contributed by atoms with E-state index in [9.17, 15) is 19.2 Å². The summed E-state index contributed by atoms with van der Waals surface area (Å²) in [6.07, 6.45) is 13.8. The molecule has 216 valence electrons. The molecule has 0 spiro atoms. The Morgan fingerprint density at radius 2 is 1.33 bits per heavy atom. The van der Waals surface area contributed by atoms with Crippen molar-refractivity contribution in [2.24, 2.45) is 23.7 Å². The van der Waals surface area contributed by atoms with Crippen LogP contribution in [0.3, 0.4) is 0 Å². The average molecular weight is 576 g/mol. The first-order chi connectivity index (χ1) is 19.0. The van der Waals surface area contributed by atoms with Crippen molar-refractivity contribution in [1.82, 2.24) is 15.5 Å². The normalized spacial score (nSPS) is 44.0. The molecule has 2 aliphatic carbocycles. The SMILES string of the molecule is CCN1C(=O)C2SCC3NC4C5CCCCCCCCCCC6CC(CC5C3=O)NC(CSC2C1=O)C(=O)C64. The van der Waals surface area contributed by atoms with E-state index in [-0.39, 0.29) is 65.3 Å². The van der Waals surface area contributed by atoms with Gasteiger partial charge in [0.05, 0.1) is 12.1 Å². The number of hydrogen-bond acceptors (Lipinski definition) is 8. The Labute approximate surface area is 241 Å². The lowest BCUT2D eigenvalue weighted by atomic mass is 9.62. The highest BCUT2D eigenvalue weighted by Gasteiger charge is 2.56. The van der Waals surface area contributed by atoms with Crippen LogP contribution < -0.4 is 10.6 Å². The molecule has 10 unspecified atom stereocenters. The van der Waals surface area contributed by atoms with Gasteiger partial charge in [-0.3, -0.25) is 24.1 Å². The van der Waals surface area contributed by atoms with Gasteiger partial charge >= 0.3 is 0 Å². The van der Waals surface area contributed by atoms with Crippen LogP contribution in [-0.2, 0) is 19.2 Å². The van der Waals surface area contributed by atoms with Crippen LogP contribution in [0.5, 0.6) is 0 Å². The van der Waals surface area contributed by atoms with Crippen molar-refractivity contribution < 1.29 is 19.2 Å². The molecular formula is C30H45N3O4S2. The average Bonchev–Trinajstić information content (AvgIpc) is 3.07. The van der Waals surface area contributed by atoms with E-state index in [0.29, 0.717) is 24.0 Å². The number of fused-ring (bicyclic) bond motifs is 4. The zero-order valence-corrected chi connectivity index (χ0v) is 24.9. The molecule has 4 heterocycles.